The molecule has 0 spiro atoms. The van der Waals surface area contributed by atoms with Gasteiger partial charge in [-0.25, -0.2) is 8.42 Å². The first-order valence-corrected chi connectivity index (χ1v) is 9.44. The Morgan fingerprint density at radius 2 is 1.80 bits per heavy atom. The predicted octanol–water partition coefficient (Wildman–Crippen LogP) is 3.72. The summed E-state index contributed by atoms with van der Waals surface area (Å²) in [5.41, 5.74) is 1.38. The maximum absolute atomic E-state index is 12.9. The van der Waals surface area contributed by atoms with Crippen LogP contribution in [0.2, 0.25) is 0 Å². The monoisotopic (exact) mass is 426 g/mol. The van der Waals surface area contributed by atoms with Gasteiger partial charge in [0.1, 0.15) is 11.5 Å². The number of rotatable bonds is 5. The maximum Gasteiger partial charge on any atom is 0.270 e. The lowest BCUT2D eigenvalue weighted by Gasteiger charge is -2.13. The van der Waals surface area contributed by atoms with Gasteiger partial charge in [0, 0.05) is 4.47 Å². The summed E-state index contributed by atoms with van der Waals surface area (Å²) < 4.78 is 44.6. The van der Waals surface area contributed by atoms with Crippen LogP contribution in [-0.4, -0.2) is 27.8 Å². The number of ether oxygens (including phenoxy) is 2. The average Bonchev–Trinajstić information content (AvgIpc) is 2.95. The molecule has 0 bridgehead atoms. The molecule has 7 nitrogen and oxygen atoms in total. The van der Waals surface area contributed by atoms with Crippen molar-refractivity contribution in [1.29, 1.82) is 0 Å². The van der Waals surface area contributed by atoms with Crippen molar-refractivity contribution in [3.63, 3.8) is 0 Å². The van der Waals surface area contributed by atoms with Crippen LogP contribution in [0.5, 0.6) is 11.5 Å². The third-order valence-corrected chi connectivity index (χ3v) is 5.89. The van der Waals surface area contributed by atoms with Crippen LogP contribution in [0, 0.1) is 6.92 Å². The summed E-state index contributed by atoms with van der Waals surface area (Å²) in [6, 6.07) is 8.24. The molecule has 0 radical (unpaired) electrons. The van der Waals surface area contributed by atoms with Crippen LogP contribution in [-0.2, 0) is 10.0 Å². The Labute approximate surface area is 153 Å². The van der Waals surface area contributed by atoms with Crippen molar-refractivity contribution in [3.8, 4) is 11.5 Å². The zero-order valence-electron chi connectivity index (χ0n) is 13.7. The van der Waals surface area contributed by atoms with Crippen LogP contribution in [0.1, 0.15) is 5.56 Å². The first kappa shape index (κ1) is 17.6. The smallest absolute Gasteiger partial charge is 0.270 e. The SMILES string of the molecule is COc1cccc(OC)c1S(=O)(=O)Nc1noc2cc(Br)c(C)cc12. The van der Waals surface area contributed by atoms with Gasteiger partial charge in [-0.2, -0.15) is 0 Å². The molecule has 0 saturated carbocycles. The Morgan fingerprint density at radius 3 is 2.40 bits per heavy atom. The minimum atomic E-state index is -4.02. The van der Waals surface area contributed by atoms with Crippen LogP contribution in [0.4, 0.5) is 5.82 Å². The van der Waals surface area contributed by atoms with Crippen LogP contribution in [0.15, 0.2) is 44.2 Å². The van der Waals surface area contributed by atoms with Gasteiger partial charge >= 0.3 is 0 Å². The number of nitrogens with one attached hydrogen (secondary N) is 1. The van der Waals surface area contributed by atoms with E-state index in [1.54, 1.807) is 30.3 Å². The number of hydrogen-bond donors (Lipinski definition) is 1. The Bertz CT molecular complexity index is 1020. The first-order chi connectivity index (χ1) is 11.9. The van der Waals surface area contributed by atoms with Crippen molar-refractivity contribution >= 4 is 42.7 Å². The molecule has 1 N–H and O–H groups in total. The quantitative estimate of drug-likeness (QED) is 0.668. The number of halogens is 1. The fourth-order valence-corrected chi connectivity index (χ4v) is 4.06. The van der Waals surface area contributed by atoms with E-state index in [1.807, 2.05) is 6.92 Å². The molecule has 1 aromatic heterocycles. The fraction of sp³-hybridized carbons (Fsp3) is 0.188. The maximum atomic E-state index is 12.9. The average molecular weight is 427 g/mol. The Kier molecular flexibility index (Phi) is 4.61. The van der Waals surface area contributed by atoms with E-state index in [-0.39, 0.29) is 22.2 Å². The number of aryl methyl sites for hydroxylation is 1. The number of sulfonamides is 1. The molecule has 132 valence electrons. The molecule has 25 heavy (non-hydrogen) atoms. The van der Waals surface area contributed by atoms with E-state index >= 15 is 0 Å². The van der Waals surface area contributed by atoms with Crippen LogP contribution >= 0.6 is 15.9 Å². The molecule has 0 amide bonds. The number of aromatic nitrogens is 1. The predicted molar refractivity (Wildman–Crippen MR) is 96.8 cm³/mol. The van der Waals surface area contributed by atoms with Gasteiger partial charge in [0.2, 0.25) is 0 Å². The third kappa shape index (κ3) is 3.16. The molecule has 0 atom stereocenters. The molecule has 3 rings (SSSR count). The second kappa shape index (κ2) is 6.57. The minimum absolute atomic E-state index is 0.0959. The van der Waals surface area contributed by atoms with Gasteiger partial charge in [0.25, 0.3) is 10.0 Å². The lowest BCUT2D eigenvalue weighted by Crippen LogP contribution is -2.15. The standard InChI is InChI=1S/C16H15BrN2O5S/c1-9-7-10-14(8-11(9)17)24-18-16(10)19-25(20,21)15-12(22-2)5-4-6-13(15)23-3/h4-8H,1-3H3,(H,18,19). The largest absolute Gasteiger partial charge is 0.495 e. The lowest BCUT2D eigenvalue weighted by molar-refractivity contribution is 0.373. The van der Waals surface area contributed by atoms with E-state index in [4.69, 9.17) is 14.0 Å². The second-order valence-corrected chi connectivity index (χ2v) is 7.70. The molecule has 1 heterocycles. The highest BCUT2D eigenvalue weighted by molar-refractivity contribution is 9.10. The molecular formula is C16H15BrN2O5S. The van der Waals surface area contributed by atoms with Gasteiger partial charge in [-0.1, -0.05) is 27.2 Å². The molecule has 0 unspecified atom stereocenters. The first-order valence-electron chi connectivity index (χ1n) is 7.16. The van der Waals surface area contributed by atoms with Gasteiger partial charge in [-0.3, -0.25) is 4.72 Å². The van der Waals surface area contributed by atoms with Crippen molar-refractivity contribution in [2.75, 3.05) is 18.9 Å². The van der Waals surface area contributed by atoms with E-state index in [0.717, 1.165) is 10.0 Å². The van der Waals surface area contributed by atoms with Gasteiger partial charge in [-0.15, -0.1) is 0 Å². The molecule has 3 aromatic rings. The topological polar surface area (TPSA) is 90.7 Å². The molecular weight excluding hydrogens is 412 g/mol. The number of nitrogens with zero attached hydrogens (tertiary/aromatic N) is 1. The van der Waals surface area contributed by atoms with Gasteiger partial charge < -0.3 is 14.0 Å². The zero-order valence-corrected chi connectivity index (χ0v) is 16.1. The van der Waals surface area contributed by atoms with Gasteiger partial charge in [0.15, 0.2) is 16.3 Å². The number of fused-ring (bicyclic) bond motifs is 1. The highest BCUT2D eigenvalue weighted by Crippen LogP contribution is 2.36. The van der Waals surface area contributed by atoms with Crippen LogP contribution in [0.3, 0.4) is 0 Å². The molecule has 2 aromatic carbocycles. The lowest BCUT2D eigenvalue weighted by atomic mass is 10.2. The molecule has 0 aliphatic heterocycles. The number of methoxy groups -OCH3 is 2. The van der Waals surface area contributed by atoms with Crippen molar-refractivity contribution in [3.05, 3.63) is 40.4 Å². The van der Waals surface area contributed by atoms with Crippen LogP contribution < -0.4 is 14.2 Å². The number of hydrogen-bond acceptors (Lipinski definition) is 6. The fourth-order valence-electron chi connectivity index (χ4n) is 2.40. The third-order valence-electron chi connectivity index (χ3n) is 3.63. The van der Waals surface area contributed by atoms with Gasteiger partial charge in [-0.05, 0) is 36.8 Å². The normalized spacial score (nSPS) is 11.5. The summed E-state index contributed by atoms with van der Waals surface area (Å²) in [6.45, 7) is 1.89. The van der Waals surface area contributed by atoms with Crippen molar-refractivity contribution in [2.45, 2.75) is 11.8 Å². The molecule has 0 fully saturated rings. The highest BCUT2D eigenvalue weighted by Gasteiger charge is 2.27. The molecule has 0 aliphatic rings. The van der Waals surface area contributed by atoms with E-state index in [2.05, 4.69) is 25.8 Å². The second-order valence-electron chi connectivity index (χ2n) is 5.23. The Hall–Kier alpha value is -2.26. The molecule has 0 saturated heterocycles. The van der Waals surface area contributed by atoms with Crippen molar-refractivity contribution in [1.82, 2.24) is 5.16 Å². The van der Waals surface area contributed by atoms with E-state index < -0.39 is 10.0 Å². The number of benzene rings is 2. The Morgan fingerprint density at radius 1 is 1.16 bits per heavy atom. The summed E-state index contributed by atoms with van der Waals surface area (Å²) in [7, 11) is -1.24. The van der Waals surface area contributed by atoms with E-state index in [9.17, 15) is 8.42 Å². The summed E-state index contributed by atoms with van der Waals surface area (Å²) >= 11 is 3.40. The van der Waals surface area contributed by atoms with Crippen molar-refractivity contribution in [2.24, 2.45) is 0 Å². The van der Waals surface area contributed by atoms with E-state index in [0.29, 0.717) is 11.0 Å². The summed E-state index contributed by atoms with van der Waals surface area (Å²) in [6.07, 6.45) is 0. The zero-order chi connectivity index (χ0) is 18.2. The van der Waals surface area contributed by atoms with Gasteiger partial charge in [0.05, 0.1) is 19.6 Å². The summed E-state index contributed by atoms with van der Waals surface area (Å²) in [5, 5.41) is 4.39. The Balaban J connectivity index is 2.11. The summed E-state index contributed by atoms with van der Waals surface area (Å²) in [5.74, 6) is 0.427. The van der Waals surface area contributed by atoms with Crippen LogP contribution in [0.25, 0.3) is 11.0 Å². The number of anilines is 1. The molecule has 9 heteroatoms. The van der Waals surface area contributed by atoms with E-state index in [1.165, 1.54) is 14.2 Å². The highest BCUT2D eigenvalue weighted by atomic mass is 79.9. The van der Waals surface area contributed by atoms with Crippen molar-refractivity contribution < 1.29 is 22.4 Å². The minimum Gasteiger partial charge on any atom is -0.495 e. The molecule has 0 aliphatic carbocycles. The summed E-state index contributed by atoms with van der Waals surface area (Å²) in [4.78, 5) is -0.106.